The summed E-state index contributed by atoms with van der Waals surface area (Å²) in [5.74, 6) is 0.401. The van der Waals surface area contributed by atoms with Gasteiger partial charge in [0.15, 0.2) is 5.16 Å². The monoisotopic (exact) mass is 478 g/mol. The fraction of sp³-hybridized carbons (Fsp3) is 0.444. The lowest BCUT2D eigenvalue weighted by Crippen LogP contribution is -2.49. The standard InChI is InChI=1S/C27H34N4O2S/c1-3-4-5-8-14-31-26(33)23-12-6-7-13-24(23)28-27(31)34-20-25(32)30-17-15-29(16-18-30)22-11-9-10-21(2)19-22/h6-7,9-13,19H,3-5,8,14-18,20H2,1-2H3. The van der Waals surface area contributed by atoms with Crippen LogP contribution in [-0.2, 0) is 11.3 Å². The first-order valence-electron chi connectivity index (χ1n) is 12.3. The van der Waals surface area contributed by atoms with Crippen LogP contribution in [0.5, 0.6) is 0 Å². The zero-order chi connectivity index (χ0) is 23.9. The minimum atomic E-state index is -0.0104. The molecule has 6 nitrogen and oxygen atoms in total. The molecule has 1 saturated heterocycles. The van der Waals surface area contributed by atoms with Crippen molar-refractivity contribution in [2.24, 2.45) is 0 Å². The molecule has 2 aromatic carbocycles. The third kappa shape index (κ3) is 5.81. The summed E-state index contributed by atoms with van der Waals surface area (Å²) in [6.45, 7) is 8.00. The Bertz CT molecular complexity index is 1180. The minimum absolute atomic E-state index is 0.0104. The van der Waals surface area contributed by atoms with Gasteiger partial charge in [0.25, 0.3) is 5.56 Å². The summed E-state index contributed by atoms with van der Waals surface area (Å²) in [6.07, 6.45) is 4.34. The third-order valence-corrected chi connectivity index (χ3v) is 7.35. The van der Waals surface area contributed by atoms with E-state index in [1.807, 2.05) is 29.2 Å². The maximum Gasteiger partial charge on any atom is 0.262 e. The van der Waals surface area contributed by atoms with Crippen LogP contribution in [0.15, 0.2) is 58.5 Å². The Balaban J connectivity index is 1.41. The molecule has 0 unspecified atom stereocenters. The van der Waals surface area contributed by atoms with Gasteiger partial charge in [-0.05, 0) is 43.2 Å². The molecule has 0 bridgehead atoms. The molecule has 0 aliphatic carbocycles. The van der Waals surface area contributed by atoms with Crippen molar-refractivity contribution in [3.8, 4) is 0 Å². The van der Waals surface area contributed by atoms with E-state index in [0.717, 1.165) is 38.8 Å². The van der Waals surface area contributed by atoms with Gasteiger partial charge in [-0.15, -0.1) is 0 Å². The van der Waals surface area contributed by atoms with Crippen molar-refractivity contribution in [2.75, 3.05) is 36.8 Å². The summed E-state index contributed by atoms with van der Waals surface area (Å²) in [6, 6.07) is 16.0. The van der Waals surface area contributed by atoms with Gasteiger partial charge in [-0.2, -0.15) is 0 Å². The number of benzene rings is 2. The van der Waals surface area contributed by atoms with Gasteiger partial charge in [0.05, 0.1) is 16.7 Å². The van der Waals surface area contributed by atoms with Crippen molar-refractivity contribution in [3.05, 3.63) is 64.4 Å². The minimum Gasteiger partial charge on any atom is -0.368 e. The van der Waals surface area contributed by atoms with Crippen LogP contribution < -0.4 is 10.5 Å². The molecule has 0 N–H and O–H groups in total. The molecule has 34 heavy (non-hydrogen) atoms. The Labute approximate surface area is 206 Å². The number of amides is 1. The highest BCUT2D eigenvalue weighted by molar-refractivity contribution is 7.99. The molecule has 0 atom stereocenters. The molecule has 0 saturated carbocycles. The SMILES string of the molecule is CCCCCCn1c(SCC(=O)N2CCN(c3cccc(C)c3)CC2)nc2ccccc2c1=O. The zero-order valence-corrected chi connectivity index (χ0v) is 21.0. The van der Waals surface area contributed by atoms with E-state index in [-0.39, 0.29) is 11.5 Å². The summed E-state index contributed by atoms with van der Waals surface area (Å²) in [5, 5.41) is 1.29. The van der Waals surface area contributed by atoms with Crippen LogP contribution in [0.25, 0.3) is 10.9 Å². The number of piperazine rings is 1. The number of carbonyl (C=O) groups is 1. The fourth-order valence-corrected chi connectivity index (χ4v) is 5.34. The van der Waals surface area contributed by atoms with E-state index < -0.39 is 0 Å². The van der Waals surface area contributed by atoms with E-state index in [1.165, 1.54) is 23.0 Å². The molecular weight excluding hydrogens is 444 g/mol. The van der Waals surface area contributed by atoms with Crippen molar-refractivity contribution in [2.45, 2.75) is 51.2 Å². The molecule has 4 rings (SSSR count). The van der Waals surface area contributed by atoms with Crippen LogP contribution in [0.2, 0.25) is 0 Å². The van der Waals surface area contributed by atoms with Crippen molar-refractivity contribution < 1.29 is 4.79 Å². The Morgan fingerprint density at radius 1 is 1.00 bits per heavy atom. The van der Waals surface area contributed by atoms with Gasteiger partial charge >= 0.3 is 0 Å². The van der Waals surface area contributed by atoms with Gasteiger partial charge in [-0.1, -0.05) is 62.2 Å². The van der Waals surface area contributed by atoms with Gasteiger partial charge < -0.3 is 9.80 Å². The number of carbonyl (C=O) groups excluding carboxylic acids is 1. The zero-order valence-electron chi connectivity index (χ0n) is 20.2. The predicted octanol–water partition coefficient (Wildman–Crippen LogP) is 4.73. The van der Waals surface area contributed by atoms with Crippen molar-refractivity contribution in [3.63, 3.8) is 0 Å². The number of hydrogen-bond acceptors (Lipinski definition) is 5. The number of anilines is 1. The second-order valence-corrected chi connectivity index (χ2v) is 9.87. The van der Waals surface area contributed by atoms with Crippen LogP contribution in [0.1, 0.15) is 38.2 Å². The first-order chi connectivity index (χ1) is 16.6. The molecule has 1 aliphatic heterocycles. The number of unbranched alkanes of at least 4 members (excludes halogenated alkanes) is 3. The highest BCUT2D eigenvalue weighted by Gasteiger charge is 2.22. The normalized spacial score (nSPS) is 14.1. The molecule has 1 fully saturated rings. The van der Waals surface area contributed by atoms with Crippen LogP contribution in [0.4, 0.5) is 5.69 Å². The Hall–Kier alpha value is -2.80. The number of fused-ring (bicyclic) bond motifs is 1. The molecule has 2 heterocycles. The maximum atomic E-state index is 13.2. The highest BCUT2D eigenvalue weighted by atomic mass is 32.2. The molecule has 1 aliphatic rings. The van der Waals surface area contributed by atoms with Gasteiger partial charge in [0.1, 0.15) is 0 Å². The topological polar surface area (TPSA) is 58.4 Å². The Morgan fingerprint density at radius 3 is 2.56 bits per heavy atom. The van der Waals surface area contributed by atoms with Crippen LogP contribution in [0, 0.1) is 6.92 Å². The number of para-hydroxylation sites is 1. The number of rotatable bonds is 9. The summed E-state index contributed by atoms with van der Waals surface area (Å²) in [5.41, 5.74) is 3.15. The van der Waals surface area contributed by atoms with E-state index >= 15 is 0 Å². The molecule has 0 radical (unpaired) electrons. The molecule has 180 valence electrons. The van der Waals surface area contributed by atoms with E-state index in [2.05, 4.69) is 43.0 Å². The van der Waals surface area contributed by atoms with E-state index in [9.17, 15) is 9.59 Å². The third-order valence-electron chi connectivity index (χ3n) is 6.39. The average molecular weight is 479 g/mol. The van der Waals surface area contributed by atoms with Gasteiger partial charge in [0, 0.05) is 38.4 Å². The molecule has 3 aromatic rings. The van der Waals surface area contributed by atoms with Crippen molar-refractivity contribution >= 4 is 34.3 Å². The van der Waals surface area contributed by atoms with E-state index in [4.69, 9.17) is 4.98 Å². The largest absolute Gasteiger partial charge is 0.368 e. The van der Waals surface area contributed by atoms with Crippen LogP contribution in [0.3, 0.4) is 0 Å². The van der Waals surface area contributed by atoms with E-state index in [0.29, 0.717) is 41.4 Å². The van der Waals surface area contributed by atoms with Crippen LogP contribution >= 0.6 is 11.8 Å². The number of nitrogens with zero attached hydrogens (tertiary/aromatic N) is 4. The number of thioether (sulfide) groups is 1. The number of aromatic nitrogens is 2. The molecule has 7 heteroatoms. The molecule has 1 aromatic heterocycles. The van der Waals surface area contributed by atoms with Gasteiger partial charge in [0.2, 0.25) is 5.91 Å². The van der Waals surface area contributed by atoms with Crippen molar-refractivity contribution in [1.29, 1.82) is 0 Å². The quantitative estimate of drug-likeness (QED) is 0.253. The lowest BCUT2D eigenvalue weighted by Gasteiger charge is -2.36. The smallest absolute Gasteiger partial charge is 0.262 e. The fourth-order valence-electron chi connectivity index (χ4n) is 4.41. The summed E-state index contributed by atoms with van der Waals surface area (Å²) >= 11 is 1.39. The average Bonchev–Trinajstić information content (AvgIpc) is 2.86. The first kappa shape index (κ1) is 24.3. The lowest BCUT2D eigenvalue weighted by molar-refractivity contribution is -0.128. The van der Waals surface area contributed by atoms with Gasteiger partial charge in [-0.25, -0.2) is 4.98 Å². The second-order valence-electron chi connectivity index (χ2n) is 8.92. The maximum absolute atomic E-state index is 13.2. The van der Waals surface area contributed by atoms with Gasteiger partial charge in [-0.3, -0.25) is 14.2 Å². The molecule has 0 spiro atoms. The summed E-state index contributed by atoms with van der Waals surface area (Å²) < 4.78 is 1.77. The molecule has 1 amide bonds. The first-order valence-corrected chi connectivity index (χ1v) is 13.3. The molecular formula is C27H34N4O2S. The van der Waals surface area contributed by atoms with Crippen molar-refractivity contribution in [1.82, 2.24) is 14.5 Å². The highest BCUT2D eigenvalue weighted by Crippen LogP contribution is 2.21. The van der Waals surface area contributed by atoms with Crippen LogP contribution in [-0.4, -0.2) is 52.3 Å². The second kappa shape index (κ2) is 11.6. The number of aryl methyl sites for hydroxylation is 1. The summed E-state index contributed by atoms with van der Waals surface area (Å²) in [4.78, 5) is 35.2. The summed E-state index contributed by atoms with van der Waals surface area (Å²) in [7, 11) is 0. The Kier molecular flexibility index (Phi) is 8.27. The Morgan fingerprint density at radius 2 is 1.79 bits per heavy atom. The number of hydrogen-bond donors (Lipinski definition) is 0. The lowest BCUT2D eigenvalue weighted by atomic mass is 10.2. The predicted molar refractivity (Wildman–Crippen MR) is 141 cm³/mol. The van der Waals surface area contributed by atoms with E-state index in [1.54, 1.807) is 4.57 Å².